The van der Waals surface area contributed by atoms with E-state index in [-0.39, 0.29) is 43.7 Å². The Labute approximate surface area is 206 Å². The van der Waals surface area contributed by atoms with Crippen molar-refractivity contribution in [3.8, 4) is 17.3 Å². The number of ether oxygens (including phenoxy) is 3. The Balaban J connectivity index is 1.18. The van der Waals surface area contributed by atoms with Crippen LogP contribution in [0.4, 0.5) is 8.78 Å². The molecular formula is C23H19ClF2N4O4S. The molecule has 8 nitrogen and oxygen atoms in total. The van der Waals surface area contributed by atoms with Gasteiger partial charge in [-0.15, -0.1) is 11.3 Å². The molecule has 4 atom stereocenters. The number of hydrogen-bond donors (Lipinski definition) is 2. The molecule has 2 saturated heterocycles. The van der Waals surface area contributed by atoms with Gasteiger partial charge in [0.05, 0.1) is 40.7 Å². The number of thiazole rings is 1. The Bertz CT molecular complexity index is 1360. The highest BCUT2D eigenvalue weighted by atomic mass is 35.5. The van der Waals surface area contributed by atoms with Crippen molar-refractivity contribution in [1.82, 2.24) is 19.9 Å². The minimum atomic E-state index is -0.675. The summed E-state index contributed by atoms with van der Waals surface area (Å²) in [5, 5.41) is 12.0. The molecule has 0 unspecified atom stereocenters. The molecule has 0 bridgehead atoms. The third-order valence-corrected chi connectivity index (χ3v) is 7.12. The number of imidazole rings is 1. The molecule has 1 aromatic carbocycles. The number of aromatic nitrogens is 4. The third-order valence-electron chi connectivity index (χ3n) is 6.20. The number of hydrogen-bond acceptors (Lipinski definition) is 8. The second-order valence-electron chi connectivity index (χ2n) is 8.44. The predicted molar refractivity (Wildman–Crippen MR) is 124 cm³/mol. The molecule has 0 radical (unpaired) electrons. The summed E-state index contributed by atoms with van der Waals surface area (Å²) in [6, 6.07) is 4.44. The zero-order valence-corrected chi connectivity index (χ0v) is 19.7. The number of pyridine rings is 1. The van der Waals surface area contributed by atoms with Gasteiger partial charge >= 0.3 is 0 Å². The van der Waals surface area contributed by atoms with E-state index in [4.69, 9.17) is 25.8 Å². The van der Waals surface area contributed by atoms with E-state index in [1.54, 1.807) is 17.0 Å². The number of aliphatic hydroxyl groups excluding tert-OH is 1. The van der Waals surface area contributed by atoms with Gasteiger partial charge in [-0.1, -0.05) is 11.6 Å². The van der Waals surface area contributed by atoms with Gasteiger partial charge in [0.2, 0.25) is 0 Å². The maximum absolute atomic E-state index is 14.7. The highest BCUT2D eigenvalue weighted by Crippen LogP contribution is 2.31. The van der Waals surface area contributed by atoms with Crippen LogP contribution in [0.1, 0.15) is 11.3 Å². The number of H-pyrrole nitrogens is 1. The van der Waals surface area contributed by atoms with Crippen LogP contribution < -0.4 is 4.74 Å². The van der Waals surface area contributed by atoms with Gasteiger partial charge in [-0.25, -0.2) is 18.7 Å². The first-order valence-corrected chi connectivity index (χ1v) is 12.3. The Morgan fingerprint density at radius 1 is 1.11 bits per heavy atom. The highest BCUT2D eigenvalue weighted by Gasteiger charge is 2.48. The number of aliphatic hydroxyl groups is 1. The van der Waals surface area contributed by atoms with Crippen LogP contribution in [0.15, 0.2) is 29.1 Å². The normalized spacial score (nSPS) is 23.8. The molecule has 0 aliphatic carbocycles. The minimum Gasteiger partial charge on any atom is -0.456 e. The third kappa shape index (κ3) is 4.27. The van der Waals surface area contributed by atoms with E-state index in [0.29, 0.717) is 33.1 Å². The monoisotopic (exact) mass is 520 g/mol. The lowest BCUT2D eigenvalue weighted by Gasteiger charge is -2.15. The molecule has 182 valence electrons. The van der Waals surface area contributed by atoms with Gasteiger partial charge < -0.3 is 24.3 Å². The van der Waals surface area contributed by atoms with Crippen molar-refractivity contribution in [2.75, 3.05) is 13.2 Å². The van der Waals surface area contributed by atoms with Crippen LogP contribution in [-0.2, 0) is 22.3 Å². The summed E-state index contributed by atoms with van der Waals surface area (Å²) in [5.41, 5.74) is 3.88. The van der Waals surface area contributed by atoms with Crippen molar-refractivity contribution >= 4 is 34.1 Å². The first-order chi connectivity index (χ1) is 17.0. The van der Waals surface area contributed by atoms with E-state index < -0.39 is 29.9 Å². The number of nitrogens with one attached hydrogen (secondary N) is 1. The molecule has 2 fully saturated rings. The smallest absolute Gasteiger partial charge is 0.296 e. The summed E-state index contributed by atoms with van der Waals surface area (Å²) in [4.78, 5) is 15.9. The fraction of sp³-hybridized carbons (Fsp3) is 0.348. The predicted octanol–water partition coefficient (Wildman–Crippen LogP) is 3.70. The number of aryl methyl sites for hydroxylation is 1. The number of benzene rings is 1. The van der Waals surface area contributed by atoms with Crippen molar-refractivity contribution in [2.45, 2.75) is 37.3 Å². The molecule has 6 rings (SSSR count). The summed E-state index contributed by atoms with van der Waals surface area (Å²) in [7, 11) is 0. The Hall–Kier alpha value is -2.70. The number of rotatable bonds is 6. The largest absolute Gasteiger partial charge is 0.456 e. The van der Waals surface area contributed by atoms with Crippen LogP contribution in [0.25, 0.3) is 22.4 Å². The van der Waals surface area contributed by atoms with Gasteiger partial charge in [0.1, 0.15) is 29.9 Å². The first-order valence-electron chi connectivity index (χ1n) is 11.0. The van der Waals surface area contributed by atoms with Crippen molar-refractivity contribution < 1.29 is 28.1 Å². The van der Waals surface area contributed by atoms with Crippen LogP contribution in [0.5, 0.6) is 6.01 Å². The van der Waals surface area contributed by atoms with Crippen molar-refractivity contribution in [2.24, 2.45) is 0 Å². The second-order valence-corrected chi connectivity index (χ2v) is 9.57. The van der Waals surface area contributed by atoms with Gasteiger partial charge in [-0.3, -0.25) is 0 Å². The zero-order chi connectivity index (χ0) is 24.1. The zero-order valence-electron chi connectivity index (χ0n) is 18.1. The standard InChI is InChI=1S/C23H19ClF2N4O4S/c24-12-5-16-22(30-23(29-16)34-19-7-33-20-18(31)6-32-21(19)20)28-15(12)2-1-11-13(25)3-10(4-14(11)26)17-8-35-9-27-17/h3-5,8-9,18-21,31H,1-2,6-7H2,(H,28,29,30)/t18-,19-,20-,21-/m1/s1. The van der Waals surface area contributed by atoms with Crippen molar-refractivity contribution in [1.29, 1.82) is 0 Å². The van der Waals surface area contributed by atoms with Gasteiger partial charge in [-0.2, -0.15) is 4.98 Å². The Morgan fingerprint density at radius 2 is 1.91 bits per heavy atom. The number of halogens is 3. The van der Waals surface area contributed by atoms with E-state index in [1.807, 2.05) is 0 Å². The van der Waals surface area contributed by atoms with Gasteiger partial charge in [0, 0.05) is 16.5 Å². The lowest BCUT2D eigenvalue weighted by molar-refractivity contribution is 0.00706. The topological polar surface area (TPSA) is 102 Å². The van der Waals surface area contributed by atoms with Gasteiger partial charge in [-0.05, 0) is 31.0 Å². The van der Waals surface area contributed by atoms with Crippen LogP contribution in [0.3, 0.4) is 0 Å². The fourth-order valence-electron chi connectivity index (χ4n) is 4.44. The first kappa shape index (κ1) is 22.7. The lowest BCUT2D eigenvalue weighted by Crippen LogP contribution is -2.34. The number of fused-ring (bicyclic) bond motifs is 2. The number of nitrogens with zero attached hydrogens (tertiary/aromatic N) is 3. The molecule has 12 heteroatoms. The highest BCUT2D eigenvalue weighted by molar-refractivity contribution is 7.07. The molecular weight excluding hydrogens is 502 g/mol. The lowest BCUT2D eigenvalue weighted by atomic mass is 10.0. The molecule has 2 N–H and O–H groups in total. The summed E-state index contributed by atoms with van der Waals surface area (Å²) >= 11 is 7.75. The van der Waals surface area contributed by atoms with Gasteiger partial charge in [0.25, 0.3) is 6.01 Å². The maximum atomic E-state index is 14.7. The molecule has 4 aromatic rings. The van der Waals surface area contributed by atoms with E-state index in [0.717, 1.165) is 0 Å². The summed E-state index contributed by atoms with van der Waals surface area (Å²) in [6.45, 7) is 0.464. The van der Waals surface area contributed by atoms with E-state index in [9.17, 15) is 13.9 Å². The fourth-order valence-corrected chi connectivity index (χ4v) is 5.25. The van der Waals surface area contributed by atoms with Crippen LogP contribution in [-0.4, -0.2) is 62.7 Å². The molecule has 3 aromatic heterocycles. The molecule has 0 saturated carbocycles. The van der Waals surface area contributed by atoms with Crippen molar-refractivity contribution in [3.63, 3.8) is 0 Å². The second kappa shape index (κ2) is 9.07. The van der Waals surface area contributed by atoms with Crippen LogP contribution >= 0.6 is 22.9 Å². The van der Waals surface area contributed by atoms with E-state index >= 15 is 0 Å². The summed E-state index contributed by atoms with van der Waals surface area (Å²) in [5.74, 6) is -1.28. The average molecular weight is 521 g/mol. The van der Waals surface area contributed by atoms with Crippen LogP contribution in [0, 0.1) is 11.6 Å². The summed E-state index contributed by atoms with van der Waals surface area (Å²) in [6.07, 6.45) is -1.61. The molecule has 5 heterocycles. The molecule has 0 spiro atoms. The molecule has 2 aliphatic heterocycles. The maximum Gasteiger partial charge on any atom is 0.296 e. The quantitative estimate of drug-likeness (QED) is 0.399. The average Bonchev–Trinajstić information content (AvgIpc) is 3.61. The van der Waals surface area contributed by atoms with Crippen molar-refractivity contribution in [3.05, 3.63) is 57.0 Å². The minimum absolute atomic E-state index is 0.0393. The van der Waals surface area contributed by atoms with Crippen LogP contribution in [0.2, 0.25) is 5.02 Å². The molecule has 35 heavy (non-hydrogen) atoms. The SMILES string of the molecule is O[C@@H]1CO[C@H]2[C@@H]1OC[C@H]2Oc1nc2nc(CCc3c(F)cc(-c4cscn4)cc3F)c(Cl)cc2[nH]1. The Kier molecular flexibility index (Phi) is 5.89. The molecule has 2 aliphatic rings. The molecule has 0 amide bonds. The Morgan fingerprint density at radius 3 is 2.69 bits per heavy atom. The van der Waals surface area contributed by atoms with Gasteiger partial charge in [0.15, 0.2) is 11.8 Å². The van der Waals surface area contributed by atoms with E-state index in [2.05, 4.69) is 19.9 Å². The summed E-state index contributed by atoms with van der Waals surface area (Å²) < 4.78 is 46.4. The van der Waals surface area contributed by atoms with E-state index in [1.165, 1.54) is 23.5 Å². The number of aromatic amines is 1.